The van der Waals surface area contributed by atoms with E-state index < -0.39 is 0 Å². The van der Waals surface area contributed by atoms with Crippen molar-refractivity contribution in [2.24, 2.45) is 0 Å². The average Bonchev–Trinajstić information content (AvgIpc) is 3.03. The SMILES string of the molecule is Cc1nc2cc(N(CCO)C3CCCC3)c(N)cc2s1. The molecule has 5 heteroatoms. The van der Waals surface area contributed by atoms with Crippen molar-refractivity contribution in [1.29, 1.82) is 0 Å². The second kappa shape index (κ2) is 5.58. The summed E-state index contributed by atoms with van der Waals surface area (Å²) >= 11 is 1.67. The molecule has 0 radical (unpaired) electrons. The van der Waals surface area contributed by atoms with E-state index in [0.29, 0.717) is 12.6 Å². The minimum absolute atomic E-state index is 0.157. The van der Waals surface area contributed by atoms with Gasteiger partial charge in [0.05, 0.1) is 33.2 Å². The number of aliphatic hydroxyl groups is 1. The molecule has 0 spiro atoms. The highest BCUT2D eigenvalue weighted by atomic mass is 32.1. The topological polar surface area (TPSA) is 62.4 Å². The van der Waals surface area contributed by atoms with Gasteiger partial charge in [-0.2, -0.15) is 0 Å². The number of anilines is 2. The molecule has 1 fully saturated rings. The largest absolute Gasteiger partial charge is 0.397 e. The Kier molecular flexibility index (Phi) is 3.81. The van der Waals surface area contributed by atoms with Crippen LogP contribution in [0.3, 0.4) is 0 Å². The maximum absolute atomic E-state index is 9.37. The number of aromatic nitrogens is 1. The molecule has 0 atom stereocenters. The molecule has 4 nitrogen and oxygen atoms in total. The smallest absolute Gasteiger partial charge is 0.0907 e. The van der Waals surface area contributed by atoms with E-state index in [1.807, 2.05) is 13.0 Å². The lowest BCUT2D eigenvalue weighted by atomic mass is 10.1. The van der Waals surface area contributed by atoms with Crippen molar-refractivity contribution in [2.45, 2.75) is 38.6 Å². The van der Waals surface area contributed by atoms with Crippen LogP contribution in [-0.4, -0.2) is 29.3 Å². The van der Waals surface area contributed by atoms with Gasteiger partial charge in [0.1, 0.15) is 0 Å². The summed E-state index contributed by atoms with van der Waals surface area (Å²) in [5, 5.41) is 10.4. The molecular weight excluding hydrogens is 270 g/mol. The first kappa shape index (κ1) is 13.6. The van der Waals surface area contributed by atoms with Crippen LogP contribution in [0.25, 0.3) is 10.2 Å². The summed E-state index contributed by atoms with van der Waals surface area (Å²) in [6.07, 6.45) is 4.91. The number of hydrogen-bond acceptors (Lipinski definition) is 5. The molecule has 20 heavy (non-hydrogen) atoms. The summed E-state index contributed by atoms with van der Waals surface area (Å²) in [6.45, 7) is 2.82. The van der Waals surface area contributed by atoms with Crippen LogP contribution in [0.4, 0.5) is 11.4 Å². The minimum atomic E-state index is 0.157. The van der Waals surface area contributed by atoms with Gasteiger partial charge >= 0.3 is 0 Å². The monoisotopic (exact) mass is 291 g/mol. The second-order valence-electron chi connectivity index (χ2n) is 5.47. The maximum atomic E-state index is 9.37. The van der Waals surface area contributed by atoms with Crippen molar-refractivity contribution in [3.05, 3.63) is 17.1 Å². The van der Waals surface area contributed by atoms with Gasteiger partial charge in [-0.25, -0.2) is 4.98 Å². The quantitative estimate of drug-likeness (QED) is 0.850. The van der Waals surface area contributed by atoms with Crippen LogP contribution >= 0.6 is 11.3 Å². The summed E-state index contributed by atoms with van der Waals surface area (Å²) in [4.78, 5) is 6.83. The first-order valence-electron chi connectivity index (χ1n) is 7.23. The van der Waals surface area contributed by atoms with E-state index in [4.69, 9.17) is 5.73 Å². The second-order valence-corrected chi connectivity index (χ2v) is 6.70. The number of hydrogen-bond donors (Lipinski definition) is 2. The highest BCUT2D eigenvalue weighted by molar-refractivity contribution is 7.18. The molecule has 1 heterocycles. The lowest BCUT2D eigenvalue weighted by Gasteiger charge is -2.31. The summed E-state index contributed by atoms with van der Waals surface area (Å²) in [7, 11) is 0. The zero-order valence-electron chi connectivity index (χ0n) is 11.8. The van der Waals surface area contributed by atoms with E-state index in [-0.39, 0.29) is 6.61 Å². The van der Waals surface area contributed by atoms with Crippen LogP contribution in [0.1, 0.15) is 30.7 Å². The molecule has 2 aromatic rings. The number of aryl methyl sites for hydroxylation is 1. The standard InChI is InChI=1S/C15H21N3OS/c1-10-17-13-9-14(12(16)8-15(13)20-10)18(6-7-19)11-4-2-3-5-11/h8-9,11,19H,2-7,16H2,1H3. The summed E-state index contributed by atoms with van der Waals surface area (Å²) < 4.78 is 1.14. The first-order chi connectivity index (χ1) is 9.69. The zero-order chi connectivity index (χ0) is 14.1. The molecule has 3 rings (SSSR count). The third kappa shape index (κ3) is 2.47. The lowest BCUT2D eigenvalue weighted by Crippen LogP contribution is -2.36. The van der Waals surface area contributed by atoms with Crippen LogP contribution in [0.15, 0.2) is 12.1 Å². The highest BCUT2D eigenvalue weighted by Crippen LogP contribution is 2.35. The number of nitrogen functional groups attached to an aromatic ring is 1. The van der Waals surface area contributed by atoms with Crippen molar-refractivity contribution >= 4 is 32.9 Å². The Bertz CT molecular complexity index is 604. The highest BCUT2D eigenvalue weighted by Gasteiger charge is 2.24. The van der Waals surface area contributed by atoms with E-state index >= 15 is 0 Å². The third-order valence-corrected chi connectivity index (χ3v) is 4.99. The molecule has 0 aliphatic heterocycles. The predicted octanol–water partition coefficient (Wildman–Crippen LogP) is 2.93. The summed E-state index contributed by atoms with van der Waals surface area (Å²) in [6, 6.07) is 4.61. The number of benzene rings is 1. The third-order valence-electron chi connectivity index (χ3n) is 4.06. The number of rotatable bonds is 4. The van der Waals surface area contributed by atoms with Crippen molar-refractivity contribution in [3.8, 4) is 0 Å². The molecule has 0 saturated heterocycles. The van der Waals surface area contributed by atoms with Gasteiger partial charge in [-0.05, 0) is 31.9 Å². The number of fused-ring (bicyclic) bond motifs is 1. The molecule has 1 aliphatic carbocycles. The Morgan fingerprint density at radius 2 is 2.15 bits per heavy atom. The van der Waals surface area contributed by atoms with Crippen LogP contribution in [-0.2, 0) is 0 Å². The molecule has 0 unspecified atom stereocenters. The van der Waals surface area contributed by atoms with Gasteiger partial charge in [-0.15, -0.1) is 11.3 Å². The molecule has 108 valence electrons. The zero-order valence-corrected chi connectivity index (χ0v) is 12.6. The van der Waals surface area contributed by atoms with Crippen molar-refractivity contribution in [1.82, 2.24) is 4.98 Å². The van der Waals surface area contributed by atoms with Gasteiger partial charge in [0.15, 0.2) is 0 Å². The van der Waals surface area contributed by atoms with Gasteiger partial charge in [0.25, 0.3) is 0 Å². The Balaban J connectivity index is 2.02. The number of aliphatic hydroxyl groups excluding tert-OH is 1. The van der Waals surface area contributed by atoms with Crippen LogP contribution in [0.2, 0.25) is 0 Å². The fourth-order valence-corrected chi connectivity index (χ4v) is 4.02. The first-order valence-corrected chi connectivity index (χ1v) is 8.05. The van der Waals surface area contributed by atoms with Gasteiger partial charge < -0.3 is 15.7 Å². The van der Waals surface area contributed by atoms with Gasteiger partial charge in [0, 0.05) is 12.6 Å². The maximum Gasteiger partial charge on any atom is 0.0907 e. The van der Waals surface area contributed by atoms with E-state index in [1.54, 1.807) is 11.3 Å². The van der Waals surface area contributed by atoms with Gasteiger partial charge in [-0.1, -0.05) is 12.8 Å². The number of nitrogens with two attached hydrogens (primary N) is 1. The lowest BCUT2D eigenvalue weighted by molar-refractivity contribution is 0.297. The summed E-state index contributed by atoms with van der Waals surface area (Å²) in [5.74, 6) is 0. The normalized spacial score (nSPS) is 16.1. The van der Waals surface area contributed by atoms with Crippen LogP contribution in [0, 0.1) is 6.92 Å². The molecule has 1 saturated carbocycles. The molecule has 1 aromatic carbocycles. The number of thiazole rings is 1. The predicted molar refractivity (Wildman–Crippen MR) is 85.5 cm³/mol. The fraction of sp³-hybridized carbons (Fsp3) is 0.533. The Morgan fingerprint density at radius 3 is 2.85 bits per heavy atom. The molecule has 3 N–H and O–H groups in total. The molecular formula is C15H21N3OS. The minimum Gasteiger partial charge on any atom is -0.397 e. The summed E-state index contributed by atoms with van der Waals surface area (Å²) in [5.41, 5.74) is 9.09. The van der Waals surface area contributed by atoms with Crippen molar-refractivity contribution in [3.63, 3.8) is 0 Å². The average molecular weight is 291 g/mol. The Morgan fingerprint density at radius 1 is 1.40 bits per heavy atom. The van der Waals surface area contributed by atoms with Crippen molar-refractivity contribution < 1.29 is 5.11 Å². The molecule has 1 aromatic heterocycles. The van der Waals surface area contributed by atoms with Crippen LogP contribution < -0.4 is 10.6 Å². The Labute approximate surface area is 123 Å². The van der Waals surface area contributed by atoms with Crippen LogP contribution in [0.5, 0.6) is 0 Å². The molecule has 0 amide bonds. The van der Waals surface area contributed by atoms with E-state index in [1.165, 1.54) is 25.7 Å². The van der Waals surface area contributed by atoms with E-state index in [9.17, 15) is 5.11 Å². The van der Waals surface area contributed by atoms with Crippen molar-refractivity contribution in [2.75, 3.05) is 23.8 Å². The van der Waals surface area contributed by atoms with Gasteiger partial charge in [-0.3, -0.25) is 0 Å². The van der Waals surface area contributed by atoms with E-state index in [0.717, 1.165) is 26.6 Å². The number of nitrogens with zero attached hydrogens (tertiary/aromatic N) is 2. The Hall–Kier alpha value is -1.33. The fourth-order valence-electron chi connectivity index (χ4n) is 3.17. The van der Waals surface area contributed by atoms with E-state index in [2.05, 4.69) is 16.0 Å². The molecule has 1 aliphatic rings. The van der Waals surface area contributed by atoms with Gasteiger partial charge in [0.2, 0.25) is 0 Å². The molecule has 0 bridgehead atoms.